The molecule has 0 aliphatic carbocycles. The van der Waals surface area contributed by atoms with Gasteiger partial charge in [0.05, 0.1) is 6.54 Å². The van der Waals surface area contributed by atoms with Gasteiger partial charge in [-0.25, -0.2) is 18.2 Å². The molecule has 1 amide bonds. The van der Waals surface area contributed by atoms with Crippen LogP contribution in [0, 0.1) is 5.82 Å². The molecule has 2 aromatic rings. The van der Waals surface area contributed by atoms with Crippen LogP contribution in [0.3, 0.4) is 0 Å². The monoisotopic (exact) mass is 359 g/mol. The van der Waals surface area contributed by atoms with Crippen molar-refractivity contribution in [2.24, 2.45) is 0 Å². The molecule has 1 atom stereocenters. The summed E-state index contributed by atoms with van der Waals surface area (Å²) in [5.74, 6) is -1.53. The number of alkyl halides is 2. The molecule has 1 aliphatic heterocycles. The second-order valence-electron chi connectivity index (χ2n) is 4.73. The molecule has 1 aromatic carbocycles. The fourth-order valence-electron chi connectivity index (χ4n) is 2.45. The van der Waals surface area contributed by atoms with Gasteiger partial charge in [0.2, 0.25) is 0 Å². The van der Waals surface area contributed by atoms with Gasteiger partial charge >= 0.3 is 0 Å². The highest BCUT2D eigenvalue weighted by Crippen LogP contribution is 2.36. The van der Waals surface area contributed by atoms with E-state index in [9.17, 15) is 18.0 Å². The number of rotatable bonds is 2. The average Bonchev–Trinajstić information content (AvgIpc) is 2.89. The average molecular weight is 360 g/mol. The standard InChI is InChI=1S/C13H9BrF3N3O/c14-7-1-2-9(15)8(5-7)13(12(16)17)6-20-4-3-18-10(20)11(21)19-13/h1-5,12H,6H2,(H,19,21). The summed E-state index contributed by atoms with van der Waals surface area (Å²) >= 11 is 3.13. The normalized spacial score (nSPS) is 21.3. The van der Waals surface area contributed by atoms with Gasteiger partial charge in [-0.15, -0.1) is 0 Å². The number of fused-ring (bicyclic) bond motifs is 1. The van der Waals surface area contributed by atoms with Crippen molar-refractivity contribution in [1.29, 1.82) is 0 Å². The third-order valence-electron chi connectivity index (χ3n) is 3.46. The van der Waals surface area contributed by atoms with Gasteiger partial charge in [0.1, 0.15) is 11.4 Å². The van der Waals surface area contributed by atoms with Crippen LogP contribution in [0.5, 0.6) is 0 Å². The number of imidazole rings is 1. The van der Waals surface area contributed by atoms with E-state index >= 15 is 0 Å². The van der Waals surface area contributed by atoms with Crippen molar-refractivity contribution in [1.82, 2.24) is 14.9 Å². The molecule has 1 aromatic heterocycles. The number of amides is 1. The lowest BCUT2D eigenvalue weighted by Crippen LogP contribution is -2.58. The quantitative estimate of drug-likeness (QED) is 0.895. The smallest absolute Gasteiger partial charge is 0.288 e. The van der Waals surface area contributed by atoms with Crippen LogP contribution < -0.4 is 5.32 Å². The number of carbonyl (C=O) groups is 1. The van der Waals surface area contributed by atoms with Gasteiger partial charge in [-0.05, 0) is 18.2 Å². The predicted molar refractivity (Wildman–Crippen MR) is 71.5 cm³/mol. The predicted octanol–water partition coefficient (Wildman–Crippen LogP) is 2.69. The van der Waals surface area contributed by atoms with Crippen LogP contribution in [-0.2, 0) is 12.1 Å². The zero-order valence-corrected chi connectivity index (χ0v) is 12.1. The summed E-state index contributed by atoms with van der Waals surface area (Å²) in [6, 6.07) is 3.74. The Morgan fingerprint density at radius 2 is 2.19 bits per heavy atom. The molecule has 3 rings (SSSR count). The topological polar surface area (TPSA) is 46.9 Å². The van der Waals surface area contributed by atoms with Gasteiger partial charge in [-0.3, -0.25) is 4.79 Å². The highest BCUT2D eigenvalue weighted by molar-refractivity contribution is 9.10. The molecule has 0 radical (unpaired) electrons. The van der Waals surface area contributed by atoms with Crippen molar-refractivity contribution in [3.05, 3.63) is 52.3 Å². The molecule has 1 unspecified atom stereocenters. The van der Waals surface area contributed by atoms with E-state index in [1.807, 2.05) is 0 Å². The molecule has 0 spiro atoms. The van der Waals surface area contributed by atoms with E-state index < -0.39 is 23.7 Å². The SMILES string of the molecule is O=C1NC(c2cc(Br)ccc2F)(C(F)F)Cn2ccnc21. The molecule has 4 nitrogen and oxygen atoms in total. The van der Waals surface area contributed by atoms with Crippen molar-refractivity contribution in [3.63, 3.8) is 0 Å². The zero-order valence-electron chi connectivity index (χ0n) is 10.5. The van der Waals surface area contributed by atoms with Crippen LogP contribution in [0.1, 0.15) is 16.2 Å². The van der Waals surface area contributed by atoms with Crippen molar-refractivity contribution in [2.45, 2.75) is 18.5 Å². The van der Waals surface area contributed by atoms with Gasteiger partial charge in [0.25, 0.3) is 12.3 Å². The molecule has 0 fully saturated rings. The number of hydrogen-bond acceptors (Lipinski definition) is 2. The van der Waals surface area contributed by atoms with Crippen molar-refractivity contribution in [2.75, 3.05) is 0 Å². The number of nitrogens with one attached hydrogen (secondary N) is 1. The lowest BCUT2D eigenvalue weighted by atomic mass is 9.88. The second kappa shape index (κ2) is 4.87. The van der Waals surface area contributed by atoms with E-state index in [4.69, 9.17) is 0 Å². The first-order valence-electron chi connectivity index (χ1n) is 6.01. The Kier molecular flexibility index (Phi) is 3.27. The Balaban J connectivity index is 2.19. The van der Waals surface area contributed by atoms with E-state index in [1.165, 1.54) is 29.1 Å². The molecule has 0 saturated carbocycles. The van der Waals surface area contributed by atoms with Crippen LogP contribution >= 0.6 is 15.9 Å². The molecule has 0 saturated heterocycles. The summed E-state index contributed by atoms with van der Waals surface area (Å²) in [6.45, 7) is -0.293. The molecule has 1 N–H and O–H groups in total. The van der Waals surface area contributed by atoms with Crippen molar-refractivity contribution < 1.29 is 18.0 Å². The van der Waals surface area contributed by atoms with E-state index in [-0.39, 0.29) is 17.9 Å². The Morgan fingerprint density at radius 3 is 2.90 bits per heavy atom. The first-order valence-corrected chi connectivity index (χ1v) is 6.80. The van der Waals surface area contributed by atoms with Crippen LogP contribution in [0.15, 0.2) is 35.1 Å². The number of nitrogens with zero attached hydrogens (tertiary/aromatic N) is 2. The number of aromatic nitrogens is 2. The number of carbonyl (C=O) groups excluding carboxylic acids is 1. The van der Waals surface area contributed by atoms with Crippen LogP contribution in [-0.4, -0.2) is 21.9 Å². The fourth-order valence-corrected chi connectivity index (χ4v) is 2.81. The highest BCUT2D eigenvalue weighted by atomic mass is 79.9. The van der Waals surface area contributed by atoms with Gasteiger partial charge in [-0.2, -0.15) is 0 Å². The highest BCUT2D eigenvalue weighted by Gasteiger charge is 2.49. The minimum Gasteiger partial charge on any atom is -0.333 e. The maximum atomic E-state index is 14.1. The van der Waals surface area contributed by atoms with Crippen LogP contribution in [0.2, 0.25) is 0 Å². The lowest BCUT2D eigenvalue weighted by Gasteiger charge is -2.38. The Morgan fingerprint density at radius 1 is 1.43 bits per heavy atom. The first-order chi connectivity index (χ1) is 9.94. The number of benzene rings is 1. The summed E-state index contributed by atoms with van der Waals surface area (Å²) in [5, 5.41) is 2.22. The zero-order chi connectivity index (χ0) is 15.2. The third-order valence-corrected chi connectivity index (χ3v) is 3.95. The number of halogens is 4. The largest absolute Gasteiger partial charge is 0.333 e. The van der Waals surface area contributed by atoms with Gasteiger partial charge in [-0.1, -0.05) is 15.9 Å². The first kappa shape index (κ1) is 14.1. The maximum absolute atomic E-state index is 14.1. The summed E-state index contributed by atoms with van der Waals surface area (Å²) in [6.07, 6.45) is -0.227. The third kappa shape index (κ3) is 2.14. The van der Waals surface area contributed by atoms with Crippen LogP contribution in [0.4, 0.5) is 13.2 Å². The summed E-state index contributed by atoms with van der Waals surface area (Å²) in [5.41, 5.74) is -2.39. The van der Waals surface area contributed by atoms with Crippen molar-refractivity contribution >= 4 is 21.8 Å². The molecule has 110 valence electrons. The van der Waals surface area contributed by atoms with Gasteiger partial charge < -0.3 is 9.88 Å². The van der Waals surface area contributed by atoms with E-state index in [2.05, 4.69) is 26.2 Å². The summed E-state index contributed by atoms with van der Waals surface area (Å²) < 4.78 is 43.2. The Hall–Kier alpha value is -1.83. The minimum atomic E-state index is -2.99. The number of hydrogen-bond donors (Lipinski definition) is 1. The molecule has 8 heteroatoms. The Labute approximate surface area is 126 Å². The van der Waals surface area contributed by atoms with E-state index in [1.54, 1.807) is 0 Å². The fraction of sp³-hybridized carbons (Fsp3) is 0.231. The maximum Gasteiger partial charge on any atom is 0.288 e. The summed E-state index contributed by atoms with van der Waals surface area (Å²) in [4.78, 5) is 15.8. The van der Waals surface area contributed by atoms with Gasteiger partial charge in [0, 0.05) is 22.4 Å². The molecule has 1 aliphatic rings. The van der Waals surface area contributed by atoms with Crippen molar-refractivity contribution in [3.8, 4) is 0 Å². The van der Waals surface area contributed by atoms with E-state index in [0.717, 1.165) is 6.07 Å². The lowest BCUT2D eigenvalue weighted by molar-refractivity contribution is 0.00666. The molecule has 21 heavy (non-hydrogen) atoms. The Bertz CT molecular complexity index is 718. The molecule has 2 heterocycles. The van der Waals surface area contributed by atoms with Gasteiger partial charge in [0.15, 0.2) is 5.82 Å². The van der Waals surface area contributed by atoms with E-state index in [0.29, 0.717) is 4.47 Å². The summed E-state index contributed by atoms with van der Waals surface area (Å²) in [7, 11) is 0. The second-order valence-corrected chi connectivity index (χ2v) is 5.64. The van der Waals surface area contributed by atoms with Crippen LogP contribution in [0.25, 0.3) is 0 Å². The minimum absolute atomic E-state index is 0.0293. The molecular formula is C13H9BrF3N3O. The molecular weight excluding hydrogens is 351 g/mol. The molecule has 0 bridgehead atoms.